The molecule has 120 valence electrons. The second kappa shape index (κ2) is 5.99. The molecule has 0 bridgehead atoms. The van der Waals surface area contributed by atoms with Gasteiger partial charge in [-0.2, -0.15) is 0 Å². The molecule has 1 aromatic carbocycles. The molecule has 2 aliphatic rings. The normalized spacial score (nSPS) is 26.2. The minimum atomic E-state index is -0.587. The molecule has 5 heteroatoms. The molecular formula is C18H18O5. The molecule has 3 atom stereocenters. The van der Waals surface area contributed by atoms with Crippen molar-refractivity contribution in [2.24, 2.45) is 5.92 Å². The number of allylic oxidation sites excluding steroid dienone is 1. The highest BCUT2D eigenvalue weighted by molar-refractivity contribution is 6.24. The molecule has 0 heterocycles. The molecule has 0 saturated heterocycles. The average molecular weight is 314 g/mol. The first kappa shape index (κ1) is 15.5. The summed E-state index contributed by atoms with van der Waals surface area (Å²) in [6.07, 6.45) is -0.396. The maximum absolute atomic E-state index is 12.4. The molecule has 0 aromatic heterocycles. The molecule has 1 saturated carbocycles. The summed E-state index contributed by atoms with van der Waals surface area (Å²) in [6.45, 7) is 2.65. The second-order valence-electron chi connectivity index (χ2n) is 5.93. The van der Waals surface area contributed by atoms with Crippen LogP contribution in [0.15, 0.2) is 35.9 Å². The standard InChI is InChI=1S/C18H18O5/c1-10(19)22-16-9-13-14(18(16)23-11(2)20)8-15(21)17(13)12-6-4-3-5-7-12/h3-7,14,16,18H,8-9H2,1-2H3/t14-,16-,18-/m0/s1. The van der Waals surface area contributed by atoms with Gasteiger partial charge in [-0.1, -0.05) is 30.3 Å². The number of esters is 2. The van der Waals surface area contributed by atoms with Crippen LogP contribution in [0.25, 0.3) is 5.57 Å². The summed E-state index contributed by atoms with van der Waals surface area (Å²) in [5.41, 5.74) is 2.47. The predicted molar refractivity (Wildman–Crippen MR) is 82.2 cm³/mol. The number of fused-ring (bicyclic) bond motifs is 1. The van der Waals surface area contributed by atoms with Crippen LogP contribution in [0, 0.1) is 5.92 Å². The highest BCUT2D eigenvalue weighted by Crippen LogP contribution is 2.47. The lowest BCUT2D eigenvalue weighted by molar-refractivity contribution is -0.165. The van der Waals surface area contributed by atoms with Crippen molar-refractivity contribution in [3.63, 3.8) is 0 Å². The lowest BCUT2D eigenvalue weighted by atomic mass is 10.00. The SMILES string of the molecule is CC(=O)O[C@@H]1[C@@H](OC(C)=O)CC2=C(c3ccccc3)C(=O)C[C@@H]21. The van der Waals surface area contributed by atoms with Crippen LogP contribution in [-0.4, -0.2) is 29.9 Å². The molecule has 5 nitrogen and oxygen atoms in total. The van der Waals surface area contributed by atoms with Crippen molar-refractivity contribution in [3.05, 3.63) is 41.5 Å². The molecule has 0 aliphatic heterocycles. The van der Waals surface area contributed by atoms with E-state index in [4.69, 9.17) is 9.47 Å². The van der Waals surface area contributed by atoms with Crippen LogP contribution in [0.2, 0.25) is 0 Å². The zero-order valence-corrected chi connectivity index (χ0v) is 13.1. The fraction of sp³-hybridized carbons (Fsp3) is 0.389. The van der Waals surface area contributed by atoms with E-state index in [2.05, 4.69) is 0 Å². The van der Waals surface area contributed by atoms with Gasteiger partial charge in [0, 0.05) is 38.2 Å². The number of hydrogen-bond acceptors (Lipinski definition) is 5. The third-order valence-electron chi connectivity index (χ3n) is 4.32. The number of carbonyl (C=O) groups is 3. The predicted octanol–water partition coefficient (Wildman–Crippen LogP) is 2.30. The zero-order valence-electron chi connectivity index (χ0n) is 13.1. The van der Waals surface area contributed by atoms with Crippen LogP contribution < -0.4 is 0 Å². The Bertz CT molecular complexity index is 689. The van der Waals surface area contributed by atoms with Crippen LogP contribution in [0.5, 0.6) is 0 Å². The van der Waals surface area contributed by atoms with Crippen molar-refractivity contribution in [1.29, 1.82) is 0 Å². The highest BCUT2D eigenvalue weighted by Gasteiger charge is 2.50. The minimum Gasteiger partial charge on any atom is -0.458 e. The largest absolute Gasteiger partial charge is 0.458 e. The van der Waals surface area contributed by atoms with E-state index in [-0.39, 0.29) is 18.1 Å². The number of rotatable bonds is 3. The molecule has 1 fully saturated rings. The molecular weight excluding hydrogens is 296 g/mol. The smallest absolute Gasteiger partial charge is 0.303 e. The van der Waals surface area contributed by atoms with E-state index < -0.39 is 24.1 Å². The Hall–Kier alpha value is -2.43. The maximum Gasteiger partial charge on any atom is 0.303 e. The van der Waals surface area contributed by atoms with Crippen LogP contribution in [-0.2, 0) is 23.9 Å². The van der Waals surface area contributed by atoms with E-state index in [9.17, 15) is 14.4 Å². The van der Waals surface area contributed by atoms with E-state index >= 15 is 0 Å². The Balaban J connectivity index is 1.99. The van der Waals surface area contributed by atoms with E-state index in [1.165, 1.54) is 13.8 Å². The van der Waals surface area contributed by atoms with Crippen LogP contribution >= 0.6 is 0 Å². The first-order valence-electron chi connectivity index (χ1n) is 7.63. The summed E-state index contributed by atoms with van der Waals surface area (Å²) in [4.78, 5) is 35.2. The van der Waals surface area contributed by atoms with Gasteiger partial charge < -0.3 is 9.47 Å². The fourth-order valence-electron chi connectivity index (χ4n) is 3.57. The Morgan fingerprint density at radius 3 is 2.26 bits per heavy atom. The third kappa shape index (κ3) is 2.91. The quantitative estimate of drug-likeness (QED) is 0.801. The van der Waals surface area contributed by atoms with Gasteiger partial charge in [0.05, 0.1) is 0 Å². The van der Waals surface area contributed by atoms with Crippen molar-refractivity contribution in [3.8, 4) is 0 Å². The van der Waals surface area contributed by atoms with Gasteiger partial charge in [0.1, 0.15) is 12.2 Å². The van der Waals surface area contributed by atoms with E-state index in [0.717, 1.165) is 11.1 Å². The summed E-state index contributed by atoms with van der Waals surface area (Å²) in [5, 5.41) is 0. The van der Waals surface area contributed by atoms with E-state index in [1.807, 2.05) is 30.3 Å². The average Bonchev–Trinajstić information content (AvgIpc) is 2.95. The van der Waals surface area contributed by atoms with Gasteiger partial charge in [0.25, 0.3) is 0 Å². The monoisotopic (exact) mass is 314 g/mol. The Morgan fingerprint density at radius 2 is 1.65 bits per heavy atom. The zero-order chi connectivity index (χ0) is 16.6. The molecule has 1 aromatic rings. The molecule has 0 amide bonds. The number of ketones is 1. The lowest BCUT2D eigenvalue weighted by Crippen LogP contribution is -2.34. The van der Waals surface area contributed by atoms with Crippen LogP contribution in [0.3, 0.4) is 0 Å². The number of ether oxygens (including phenoxy) is 2. The number of hydrogen-bond donors (Lipinski definition) is 0. The molecule has 0 unspecified atom stereocenters. The maximum atomic E-state index is 12.4. The molecule has 2 aliphatic carbocycles. The van der Waals surface area contributed by atoms with E-state index in [0.29, 0.717) is 12.0 Å². The number of Topliss-reactive ketones (excluding diaryl/α,β-unsaturated/α-hetero) is 1. The fourth-order valence-corrected chi connectivity index (χ4v) is 3.57. The summed E-state index contributed by atoms with van der Waals surface area (Å²) in [6, 6.07) is 9.44. The van der Waals surface area contributed by atoms with Gasteiger partial charge in [-0.3, -0.25) is 14.4 Å². The first-order valence-corrected chi connectivity index (χ1v) is 7.63. The molecule has 23 heavy (non-hydrogen) atoms. The topological polar surface area (TPSA) is 69.7 Å². The second-order valence-corrected chi connectivity index (χ2v) is 5.93. The summed E-state index contributed by atoms with van der Waals surface area (Å²) < 4.78 is 10.7. The van der Waals surface area contributed by atoms with E-state index in [1.54, 1.807) is 0 Å². The first-order chi connectivity index (χ1) is 11.0. The van der Waals surface area contributed by atoms with Crippen LogP contribution in [0.4, 0.5) is 0 Å². The lowest BCUT2D eigenvalue weighted by Gasteiger charge is -2.22. The summed E-state index contributed by atoms with van der Waals surface area (Å²) >= 11 is 0. The Morgan fingerprint density at radius 1 is 1.00 bits per heavy atom. The van der Waals surface area contributed by atoms with Crippen molar-refractivity contribution >= 4 is 23.3 Å². The van der Waals surface area contributed by atoms with Gasteiger partial charge in [0.2, 0.25) is 0 Å². The molecule has 0 spiro atoms. The van der Waals surface area contributed by atoms with Gasteiger partial charge in [-0.05, 0) is 11.1 Å². The van der Waals surface area contributed by atoms with Crippen LogP contribution in [0.1, 0.15) is 32.3 Å². The summed E-state index contributed by atoms with van der Waals surface area (Å²) in [5.74, 6) is -1.00. The van der Waals surface area contributed by atoms with Gasteiger partial charge in [0.15, 0.2) is 5.78 Å². The van der Waals surface area contributed by atoms with Crippen molar-refractivity contribution in [2.75, 3.05) is 0 Å². The highest BCUT2D eigenvalue weighted by atomic mass is 16.6. The molecule has 3 rings (SSSR count). The molecule has 0 radical (unpaired) electrons. The molecule has 0 N–H and O–H groups in total. The van der Waals surface area contributed by atoms with Crippen molar-refractivity contribution < 1.29 is 23.9 Å². The number of benzene rings is 1. The number of carbonyl (C=O) groups excluding carboxylic acids is 3. The third-order valence-corrected chi connectivity index (χ3v) is 4.32. The summed E-state index contributed by atoms with van der Waals surface area (Å²) in [7, 11) is 0. The van der Waals surface area contributed by atoms with Gasteiger partial charge in [-0.15, -0.1) is 0 Å². The minimum absolute atomic E-state index is 0.0506. The van der Waals surface area contributed by atoms with Crippen molar-refractivity contribution in [2.45, 2.75) is 38.9 Å². The van der Waals surface area contributed by atoms with Gasteiger partial charge >= 0.3 is 11.9 Å². The van der Waals surface area contributed by atoms with Gasteiger partial charge in [-0.25, -0.2) is 0 Å². The van der Waals surface area contributed by atoms with Crippen molar-refractivity contribution in [1.82, 2.24) is 0 Å². The Labute approximate surface area is 134 Å². The Kier molecular flexibility index (Phi) is 4.03.